The molecule has 2 unspecified atom stereocenters. The molecule has 0 amide bonds. The summed E-state index contributed by atoms with van der Waals surface area (Å²) in [6.45, 7) is 7.50. The van der Waals surface area contributed by atoms with Gasteiger partial charge in [-0.3, -0.25) is 0 Å². The lowest BCUT2D eigenvalue weighted by Gasteiger charge is -2.38. The smallest absolute Gasteiger partial charge is 0.247 e. The molecule has 0 spiro atoms. The van der Waals surface area contributed by atoms with Crippen LogP contribution in [0.5, 0.6) is 0 Å². The third-order valence-electron chi connectivity index (χ3n) is 8.64. The van der Waals surface area contributed by atoms with E-state index in [9.17, 15) is 0 Å². The van der Waals surface area contributed by atoms with Crippen molar-refractivity contribution in [2.45, 2.75) is 84.0 Å². The summed E-state index contributed by atoms with van der Waals surface area (Å²) in [5.41, 5.74) is 7.32. The van der Waals surface area contributed by atoms with E-state index in [-0.39, 0.29) is 0 Å². The predicted octanol–water partition coefficient (Wildman–Crippen LogP) is 5.89. The lowest BCUT2D eigenvalue weighted by Crippen LogP contribution is -2.58. The van der Waals surface area contributed by atoms with Crippen molar-refractivity contribution in [2.24, 2.45) is 0 Å². The highest BCUT2D eigenvalue weighted by atomic mass is 32.2. The summed E-state index contributed by atoms with van der Waals surface area (Å²) in [5, 5.41) is 0. The average molecular weight is 497 g/mol. The molecule has 4 heterocycles. The van der Waals surface area contributed by atoms with E-state index >= 15 is 0 Å². The number of fused-ring (bicyclic) bond motifs is 4. The topological polar surface area (TPSA) is 6.48 Å². The Morgan fingerprint density at radius 3 is 1.66 bits per heavy atom. The number of rotatable bonds is 2. The van der Waals surface area contributed by atoms with E-state index < -0.39 is 0 Å². The molecule has 0 saturated carbocycles. The molecule has 0 radical (unpaired) electrons. The minimum absolute atomic E-state index is 0.342. The number of anilines is 2. The summed E-state index contributed by atoms with van der Waals surface area (Å²) in [7, 11) is 0. The Labute approximate surface area is 218 Å². The van der Waals surface area contributed by atoms with Gasteiger partial charge in [-0.1, -0.05) is 52.6 Å². The fourth-order valence-electron chi connectivity index (χ4n) is 6.72. The Balaban J connectivity index is 1.32. The van der Waals surface area contributed by atoms with Crippen LogP contribution in [0.2, 0.25) is 0 Å². The molecule has 0 aliphatic carbocycles. The van der Waals surface area contributed by atoms with Gasteiger partial charge in [0.05, 0.1) is 0 Å². The van der Waals surface area contributed by atoms with Gasteiger partial charge in [-0.2, -0.15) is 0 Å². The van der Waals surface area contributed by atoms with E-state index in [1.807, 2.05) is 23.5 Å². The van der Waals surface area contributed by atoms with Crippen molar-refractivity contribution in [1.29, 1.82) is 0 Å². The van der Waals surface area contributed by atoms with Crippen molar-refractivity contribution in [1.82, 2.24) is 0 Å². The monoisotopic (exact) mass is 496 g/mol. The van der Waals surface area contributed by atoms with Crippen LogP contribution in [0.15, 0.2) is 74.2 Å². The zero-order chi connectivity index (χ0) is 23.5. The Hall–Kier alpha value is -1.98. The molecule has 3 aromatic rings. The fourth-order valence-corrected chi connectivity index (χ4v) is 9.20. The van der Waals surface area contributed by atoms with E-state index in [1.54, 1.807) is 0 Å². The van der Waals surface area contributed by atoms with Crippen LogP contribution in [0.1, 0.15) is 52.4 Å². The van der Waals surface area contributed by atoms with Gasteiger partial charge in [0.25, 0.3) is 0 Å². The molecule has 0 bridgehead atoms. The minimum atomic E-state index is 0.342. The van der Waals surface area contributed by atoms with Crippen molar-refractivity contribution in [3.8, 4) is 0 Å². The summed E-state index contributed by atoms with van der Waals surface area (Å²) in [6.07, 6.45) is 7.96. The van der Waals surface area contributed by atoms with Crippen LogP contribution in [0, 0.1) is 0 Å². The van der Waals surface area contributed by atoms with Gasteiger partial charge < -0.3 is 9.80 Å². The van der Waals surface area contributed by atoms with Gasteiger partial charge in [0.1, 0.15) is 0 Å². The molecule has 35 heavy (non-hydrogen) atoms. The largest absolute Gasteiger partial charge is 0.369 e. The first-order valence-electron chi connectivity index (χ1n) is 13.5. The van der Waals surface area contributed by atoms with Gasteiger partial charge in [0.15, 0.2) is 0 Å². The molecule has 7 rings (SSSR count). The first-order valence-corrected chi connectivity index (χ1v) is 15.1. The van der Waals surface area contributed by atoms with Crippen molar-refractivity contribution in [3.05, 3.63) is 54.6 Å². The normalized spacial score (nSPS) is 23.0. The second kappa shape index (κ2) is 8.85. The molecule has 2 atom stereocenters. The summed E-state index contributed by atoms with van der Waals surface area (Å²) >= 11 is 3.96. The van der Waals surface area contributed by atoms with Crippen LogP contribution in [0.3, 0.4) is 0 Å². The lowest BCUT2D eigenvalue weighted by molar-refractivity contribution is 0.484. The predicted molar refractivity (Wildman–Crippen MR) is 154 cm³/mol. The second-order valence-corrected chi connectivity index (χ2v) is 13.0. The SMILES string of the molecule is CC1CCCCN1c1ccc2c(c1)Sc1cccc3c1B2c1ccc(N2CCCCC2C)cc1S3. The quantitative estimate of drug-likeness (QED) is 0.281. The van der Waals surface area contributed by atoms with E-state index in [0.717, 1.165) is 0 Å². The highest BCUT2D eigenvalue weighted by Gasteiger charge is 2.38. The van der Waals surface area contributed by atoms with Gasteiger partial charge in [-0.05, 0) is 94.2 Å². The third-order valence-corrected chi connectivity index (χ3v) is 10.9. The molecule has 0 N–H and O–H groups in total. The number of benzene rings is 3. The van der Waals surface area contributed by atoms with Gasteiger partial charge in [-0.25, -0.2) is 0 Å². The molecule has 2 nitrogen and oxygen atoms in total. The highest BCUT2D eigenvalue weighted by molar-refractivity contribution is 8.01. The molecule has 5 heteroatoms. The number of hydrogen-bond acceptors (Lipinski definition) is 4. The molecule has 178 valence electrons. The standard InChI is InChI=1S/C30H33BN2S2/c1-20-8-3-5-16-32(20)22-12-14-24-28(18-22)34-26-10-7-11-27-30(26)31(24)25-15-13-23(19-29(25)35-27)33-17-6-4-9-21(33)2/h7,10-15,18-21H,3-6,8-9,16-17H2,1-2H3. The molecule has 0 aromatic heterocycles. The minimum Gasteiger partial charge on any atom is -0.369 e. The van der Waals surface area contributed by atoms with E-state index in [1.165, 1.54) is 99.0 Å². The molecular weight excluding hydrogens is 463 g/mol. The molecule has 3 aromatic carbocycles. The number of piperidine rings is 2. The van der Waals surface area contributed by atoms with Crippen LogP contribution < -0.4 is 26.2 Å². The van der Waals surface area contributed by atoms with Crippen LogP contribution in [0.25, 0.3) is 0 Å². The first-order chi connectivity index (χ1) is 17.2. The zero-order valence-corrected chi connectivity index (χ0v) is 22.4. The van der Waals surface area contributed by atoms with Crippen molar-refractivity contribution in [3.63, 3.8) is 0 Å². The van der Waals surface area contributed by atoms with Gasteiger partial charge in [0, 0.05) is 56.1 Å². The van der Waals surface area contributed by atoms with Crippen molar-refractivity contribution >= 4 is 58.0 Å². The van der Waals surface area contributed by atoms with Crippen LogP contribution in [-0.2, 0) is 0 Å². The maximum atomic E-state index is 2.63. The molecule has 4 aliphatic rings. The van der Waals surface area contributed by atoms with Gasteiger partial charge in [0.2, 0.25) is 6.71 Å². The summed E-state index contributed by atoms with van der Waals surface area (Å²) in [4.78, 5) is 11.0. The van der Waals surface area contributed by atoms with Gasteiger partial charge >= 0.3 is 0 Å². The van der Waals surface area contributed by atoms with Crippen LogP contribution in [0.4, 0.5) is 11.4 Å². The highest BCUT2D eigenvalue weighted by Crippen LogP contribution is 2.40. The fraction of sp³-hybridized carbons (Fsp3) is 0.400. The zero-order valence-electron chi connectivity index (χ0n) is 20.8. The first kappa shape index (κ1) is 22.2. The van der Waals surface area contributed by atoms with E-state index in [2.05, 4.69) is 78.2 Å². The maximum Gasteiger partial charge on any atom is 0.247 e. The van der Waals surface area contributed by atoms with E-state index in [0.29, 0.717) is 18.8 Å². The van der Waals surface area contributed by atoms with Gasteiger partial charge in [-0.15, -0.1) is 0 Å². The Morgan fingerprint density at radius 2 is 1.17 bits per heavy atom. The summed E-state index contributed by atoms with van der Waals surface area (Å²) in [5.74, 6) is 0. The second-order valence-electron chi connectivity index (χ2n) is 10.8. The van der Waals surface area contributed by atoms with Crippen LogP contribution >= 0.6 is 23.5 Å². The molecular formula is C30H33BN2S2. The molecule has 2 saturated heterocycles. The average Bonchev–Trinajstić information content (AvgIpc) is 2.88. The number of nitrogens with zero attached hydrogens (tertiary/aromatic N) is 2. The lowest BCUT2D eigenvalue weighted by atomic mass is 9.36. The van der Waals surface area contributed by atoms with Crippen LogP contribution in [-0.4, -0.2) is 31.9 Å². The van der Waals surface area contributed by atoms with Crippen molar-refractivity contribution < 1.29 is 0 Å². The Morgan fingerprint density at radius 1 is 0.657 bits per heavy atom. The summed E-state index contributed by atoms with van der Waals surface area (Å²) < 4.78 is 0. The molecule has 4 aliphatic heterocycles. The Kier molecular flexibility index (Phi) is 5.62. The third kappa shape index (κ3) is 3.73. The number of hydrogen-bond donors (Lipinski definition) is 0. The summed E-state index contributed by atoms with van der Waals surface area (Å²) in [6, 6.07) is 22.9. The Bertz CT molecular complexity index is 1200. The maximum absolute atomic E-state index is 2.63. The van der Waals surface area contributed by atoms with Crippen molar-refractivity contribution in [2.75, 3.05) is 22.9 Å². The van der Waals surface area contributed by atoms with E-state index in [4.69, 9.17) is 0 Å². The molecule has 2 fully saturated rings.